The van der Waals surface area contributed by atoms with Crippen molar-refractivity contribution in [2.24, 2.45) is 10.8 Å². The first-order valence-electron chi connectivity index (χ1n) is 7.78. The second-order valence-electron chi connectivity index (χ2n) is 7.38. The van der Waals surface area contributed by atoms with Gasteiger partial charge in [0, 0.05) is 10.9 Å². The van der Waals surface area contributed by atoms with Gasteiger partial charge in [0.2, 0.25) is 0 Å². The molecule has 0 atom stereocenters. The molecule has 0 saturated heterocycles. The summed E-state index contributed by atoms with van der Waals surface area (Å²) in [5.74, 6) is 1.04. The molecular formula is C18H22BrNO. The molecule has 21 heavy (non-hydrogen) atoms. The Morgan fingerprint density at radius 1 is 1.24 bits per heavy atom. The zero-order chi connectivity index (χ0) is 15.1. The van der Waals surface area contributed by atoms with Crippen molar-refractivity contribution in [3.8, 4) is 11.8 Å². The van der Waals surface area contributed by atoms with Crippen molar-refractivity contribution in [2.45, 2.75) is 52.4 Å². The van der Waals surface area contributed by atoms with Crippen molar-refractivity contribution in [3.63, 3.8) is 0 Å². The van der Waals surface area contributed by atoms with E-state index in [0.29, 0.717) is 5.41 Å². The van der Waals surface area contributed by atoms with Crippen molar-refractivity contribution < 1.29 is 4.74 Å². The molecule has 0 N–H and O–H groups in total. The van der Waals surface area contributed by atoms with Crippen LogP contribution in [0, 0.1) is 22.2 Å². The molecule has 1 fully saturated rings. The molecule has 1 aliphatic heterocycles. The van der Waals surface area contributed by atoms with Crippen LogP contribution in [-0.4, -0.2) is 6.61 Å². The number of nitriles is 1. The van der Waals surface area contributed by atoms with E-state index in [9.17, 15) is 5.26 Å². The van der Waals surface area contributed by atoms with Crippen LogP contribution in [-0.2, 0) is 12.8 Å². The summed E-state index contributed by atoms with van der Waals surface area (Å²) in [6.45, 7) is 5.40. The standard InChI is InChI=1S/C18H22BrNO/c1-17(2)4-6-18(12-20,7-5-17)11-14-10-15(19)9-13-3-8-21-16(13)14/h9-10H,3-8,11H2,1-2H3. The number of nitrogens with zero attached hydrogens (tertiary/aromatic N) is 1. The number of benzene rings is 1. The van der Waals surface area contributed by atoms with Gasteiger partial charge in [0.05, 0.1) is 18.1 Å². The molecule has 1 saturated carbocycles. The third kappa shape index (κ3) is 2.97. The monoisotopic (exact) mass is 347 g/mol. The Bertz CT molecular complexity index is 590. The summed E-state index contributed by atoms with van der Waals surface area (Å²) in [7, 11) is 0. The predicted molar refractivity (Wildman–Crippen MR) is 87.3 cm³/mol. The van der Waals surface area contributed by atoms with Crippen molar-refractivity contribution in [1.29, 1.82) is 5.26 Å². The highest BCUT2D eigenvalue weighted by atomic mass is 79.9. The van der Waals surface area contributed by atoms with Gasteiger partial charge in [0.15, 0.2) is 0 Å². The molecule has 2 aliphatic rings. The van der Waals surface area contributed by atoms with E-state index in [2.05, 4.69) is 48.0 Å². The van der Waals surface area contributed by atoms with Gasteiger partial charge in [-0.3, -0.25) is 0 Å². The quantitative estimate of drug-likeness (QED) is 0.750. The van der Waals surface area contributed by atoms with Crippen LogP contribution in [0.15, 0.2) is 16.6 Å². The largest absolute Gasteiger partial charge is 0.493 e. The number of hydrogen-bond donors (Lipinski definition) is 0. The third-order valence-corrected chi connectivity index (χ3v) is 5.61. The first-order valence-corrected chi connectivity index (χ1v) is 8.58. The first-order chi connectivity index (χ1) is 9.93. The first kappa shape index (κ1) is 14.9. The van der Waals surface area contributed by atoms with Crippen LogP contribution >= 0.6 is 15.9 Å². The molecule has 0 amide bonds. The summed E-state index contributed by atoms with van der Waals surface area (Å²) in [6, 6.07) is 6.93. The van der Waals surface area contributed by atoms with Gasteiger partial charge in [0.25, 0.3) is 0 Å². The maximum absolute atomic E-state index is 9.79. The van der Waals surface area contributed by atoms with E-state index in [4.69, 9.17) is 4.74 Å². The van der Waals surface area contributed by atoms with Gasteiger partial charge in [-0.15, -0.1) is 0 Å². The molecule has 1 heterocycles. The Morgan fingerprint density at radius 3 is 2.62 bits per heavy atom. The van der Waals surface area contributed by atoms with Crippen molar-refractivity contribution in [3.05, 3.63) is 27.7 Å². The topological polar surface area (TPSA) is 33.0 Å². The van der Waals surface area contributed by atoms with Gasteiger partial charge >= 0.3 is 0 Å². The molecule has 0 aromatic heterocycles. The van der Waals surface area contributed by atoms with Crippen LogP contribution in [0.25, 0.3) is 0 Å². The molecule has 3 rings (SSSR count). The summed E-state index contributed by atoms with van der Waals surface area (Å²) in [5.41, 5.74) is 2.66. The summed E-state index contributed by atoms with van der Waals surface area (Å²) >= 11 is 3.60. The van der Waals surface area contributed by atoms with Crippen LogP contribution in [0.2, 0.25) is 0 Å². The van der Waals surface area contributed by atoms with Gasteiger partial charge in [-0.2, -0.15) is 5.26 Å². The molecule has 1 aromatic rings. The average Bonchev–Trinajstić information content (AvgIpc) is 2.90. The van der Waals surface area contributed by atoms with Gasteiger partial charge in [-0.25, -0.2) is 0 Å². The highest BCUT2D eigenvalue weighted by Gasteiger charge is 2.39. The van der Waals surface area contributed by atoms with Crippen LogP contribution < -0.4 is 4.74 Å². The van der Waals surface area contributed by atoms with Crippen LogP contribution in [0.4, 0.5) is 0 Å². The van der Waals surface area contributed by atoms with E-state index in [1.54, 1.807) is 0 Å². The molecule has 2 nitrogen and oxygen atoms in total. The highest BCUT2D eigenvalue weighted by molar-refractivity contribution is 9.10. The van der Waals surface area contributed by atoms with Crippen molar-refractivity contribution in [2.75, 3.05) is 6.61 Å². The Labute approximate surface area is 135 Å². The minimum absolute atomic E-state index is 0.212. The summed E-state index contributed by atoms with van der Waals surface area (Å²) in [6.07, 6.45) is 6.07. The minimum Gasteiger partial charge on any atom is -0.493 e. The lowest BCUT2D eigenvalue weighted by atomic mass is 9.63. The van der Waals surface area contributed by atoms with Crippen LogP contribution in [0.3, 0.4) is 0 Å². The SMILES string of the molecule is CC1(C)CCC(C#N)(Cc2cc(Br)cc3c2OCC3)CC1. The third-order valence-electron chi connectivity index (χ3n) is 5.15. The average molecular weight is 348 g/mol. The van der Waals surface area contributed by atoms with E-state index in [1.165, 1.54) is 11.1 Å². The lowest BCUT2D eigenvalue weighted by molar-refractivity contribution is 0.145. The molecule has 1 aromatic carbocycles. The summed E-state index contributed by atoms with van der Waals surface area (Å²) in [4.78, 5) is 0. The fourth-order valence-corrected chi connectivity index (χ4v) is 4.13. The number of hydrogen-bond acceptors (Lipinski definition) is 2. The van der Waals surface area contributed by atoms with Crippen molar-refractivity contribution >= 4 is 15.9 Å². The smallest absolute Gasteiger partial charge is 0.125 e. The van der Waals surface area contributed by atoms with Crippen molar-refractivity contribution in [1.82, 2.24) is 0 Å². The Balaban J connectivity index is 1.88. The maximum Gasteiger partial charge on any atom is 0.125 e. The van der Waals surface area contributed by atoms with Crippen LogP contribution in [0.5, 0.6) is 5.75 Å². The summed E-state index contributed by atoms with van der Waals surface area (Å²) < 4.78 is 6.93. The van der Waals surface area contributed by atoms with E-state index in [0.717, 1.165) is 55.4 Å². The van der Waals surface area contributed by atoms with Gasteiger partial charge < -0.3 is 4.74 Å². The number of halogens is 1. The van der Waals surface area contributed by atoms with Crippen LogP contribution in [0.1, 0.15) is 50.7 Å². The number of rotatable bonds is 2. The summed E-state index contributed by atoms with van der Waals surface area (Å²) in [5, 5.41) is 9.79. The fourth-order valence-electron chi connectivity index (χ4n) is 3.58. The fraction of sp³-hybridized carbons (Fsp3) is 0.611. The lowest BCUT2D eigenvalue weighted by Gasteiger charge is -2.39. The normalized spacial score (nSPS) is 22.2. The minimum atomic E-state index is -0.212. The lowest BCUT2D eigenvalue weighted by Crippen LogP contribution is -2.32. The molecule has 0 radical (unpaired) electrons. The van der Waals surface area contributed by atoms with E-state index in [1.807, 2.05) is 0 Å². The molecule has 3 heteroatoms. The van der Waals surface area contributed by atoms with E-state index in [-0.39, 0.29) is 5.41 Å². The molecule has 0 unspecified atom stereocenters. The second kappa shape index (κ2) is 5.32. The molecule has 112 valence electrons. The highest BCUT2D eigenvalue weighted by Crippen LogP contribution is 2.48. The Morgan fingerprint density at radius 2 is 1.95 bits per heavy atom. The Hall–Kier alpha value is -1.01. The van der Waals surface area contributed by atoms with E-state index < -0.39 is 0 Å². The molecule has 0 bridgehead atoms. The number of ether oxygens (including phenoxy) is 1. The predicted octanol–water partition coefficient (Wildman–Crippen LogP) is 5.04. The molecule has 0 spiro atoms. The van der Waals surface area contributed by atoms with Gasteiger partial charge in [0.1, 0.15) is 5.75 Å². The molecular weight excluding hydrogens is 326 g/mol. The zero-order valence-electron chi connectivity index (χ0n) is 12.8. The zero-order valence-corrected chi connectivity index (χ0v) is 14.4. The Kier molecular flexibility index (Phi) is 3.78. The van der Waals surface area contributed by atoms with Gasteiger partial charge in [-0.05, 0) is 60.8 Å². The maximum atomic E-state index is 9.79. The second-order valence-corrected chi connectivity index (χ2v) is 8.30. The number of fused-ring (bicyclic) bond motifs is 1. The van der Waals surface area contributed by atoms with E-state index >= 15 is 0 Å². The molecule has 1 aliphatic carbocycles. The van der Waals surface area contributed by atoms with Gasteiger partial charge in [-0.1, -0.05) is 29.8 Å².